The van der Waals surface area contributed by atoms with Gasteiger partial charge in [-0.1, -0.05) is 0 Å². The van der Waals surface area contributed by atoms with Gasteiger partial charge in [-0.3, -0.25) is 4.79 Å². The first kappa shape index (κ1) is 7.72. The molecule has 0 radical (unpaired) electrons. The molecule has 58 valence electrons. The van der Waals surface area contributed by atoms with E-state index >= 15 is 0 Å². The van der Waals surface area contributed by atoms with Gasteiger partial charge in [0.05, 0.1) is 22.8 Å². The third-order valence-electron chi connectivity index (χ3n) is 1.74. The molecule has 2 atom stereocenters. The third kappa shape index (κ3) is 1.37. The van der Waals surface area contributed by atoms with E-state index in [0.29, 0.717) is 23.3 Å². The van der Waals surface area contributed by atoms with Crippen molar-refractivity contribution < 1.29 is 13.9 Å². The summed E-state index contributed by atoms with van der Waals surface area (Å²) in [6.45, 7) is 2.08. The predicted molar refractivity (Wildman–Crippen MR) is 38.5 cm³/mol. The van der Waals surface area contributed by atoms with Crippen LogP contribution in [0.4, 0.5) is 4.39 Å². The summed E-state index contributed by atoms with van der Waals surface area (Å²) >= 11 is 0. The van der Waals surface area contributed by atoms with E-state index in [4.69, 9.17) is 0 Å². The van der Waals surface area contributed by atoms with Crippen LogP contribution in [0.15, 0.2) is 0 Å². The van der Waals surface area contributed by atoms with Crippen LogP contribution in [0.2, 0.25) is 0 Å². The number of rotatable bonds is 2. The van der Waals surface area contributed by atoms with Crippen molar-refractivity contribution in [1.82, 2.24) is 0 Å². The Balaban J connectivity index is 2.33. The fraction of sp³-hybridized carbons (Fsp3) is 0.833. The van der Waals surface area contributed by atoms with Crippen LogP contribution >= 0.6 is 0 Å². The van der Waals surface area contributed by atoms with E-state index in [1.54, 1.807) is 6.92 Å². The lowest BCUT2D eigenvalue weighted by molar-refractivity contribution is -0.145. The summed E-state index contributed by atoms with van der Waals surface area (Å²) < 4.78 is 17.4. The molecule has 1 rings (SSSR count). The highest BCUT2D eigenvalue weighted by Crippen LogP contribution is 2.44. The average molecular weight is 162 g/mol. The number of halogens is 1. The van der Waals surface area contributed by atoms with E-state index in [9.17, 15) is 9.18 Å². The quantitative estimate of drug-likeness (QED) is 0.408. The molecule has 0 N–H and O–H groups in total. The van der Waals surface area contributed by atoms with Crippen LogP contribution < -0.4 is 0 Å². The third-order valence-corrected chi connectivity index (χ3v) is 2.85. The minimum Gasteiger partial charge on any atom is -0.466 e. The molecule has 4 heteroatoms. The van der Waals surface area contributed by atoms with Crippen molar-refractivity contribution >= 4 is 16.2 Å². The first-order valence-corrected chi connectivity index (χ1v) is 4.43. The first-order chi connectivity index (χ1) is 4.58. The van der Waals surface area contributed by atoms with Gasteiger partial charge in [-0.25, -0.2) is 4.39 Å². The second kappa shape index (κ2) is 2.34. The van der Waals surface area contributed by atoms with Gasteiger partial charge in [-0.2, -0.15) is 0 Å². The number of carbonyl (C=O) groups is 1. The van der Waals surface area contributed by atoms with Gasteiger partial charge in [0.1, 0.15) is 5.29 Å². The van der Waals surface area contributed by atoms with Crippen LogP contribution in [0.3, 0.4) is 0 Å². The highest BCUT2D eigenvalue weighted by Gasteiger charge is 2.56. The molecule has 0 aromatic heterocycles. The van der Waals surface area contributed by atoms with Gasteiger partial charge in [0, 0.05) is 0 Å². The van der Waals surface area contributed by atoms with Gasteiger partial charge in [0.15, 0.2) is 0 Å². The first-order valence-electron chi connectivity index (χ1n) is 3.43. The summed E-state index contributed by atoms with van der Waals surface area (Å²) in [6, 6.07) is 0. The van der Waals surface area contributed by atoms with Crippen molar-refractivity contribution in [3.63, 3.8) is 0 Å². The zero-order chi connectivity index (χ0) is 7.78. The fourth-order valence-corrected chi connectivity index (χ4v) is 1.56. The smallest absolute Gasteiger partial charge is 0.311 e. The molecule has 1 aliphatic carbocycles. The molecule has 0 heterocycles. The summed E-state index contributed by atoms with van der Waals surface area (Å²) in [4.78, 5) is 10.8. The normalized spacial score (nSPS) is 37.6. The molecule has 0 aromatic carbocycles. The van der Waals surface area contributed by atoms with E-state index in [-0.39, 0.29) is 5.97 Å². The van der Waals surface area contributed by atoms with Gasteiger partial charge >= 0.3 is 5.97 Å². The lowest BCUT2D eigenvalue weighted by Gasteiger charge is -1.99. The van der Waals surface area contributed by atoms with Crippen molar-refractivity contribution in [3.05, 3.63) is 0 Å². The minimum atomic E-state index is -1.15. The maximum absolute atomic E-state index is 12.8. The molecule has 10 heavy (non-hydrogen) atoms. The topological polar surface area (TPSA) is 26.3 Å². The highest BCUT2D eigenvalue weighted by atomic mass is 28.1. The van der Waals surface area contributed by atoms with Gasteiger partial charge < -0.3 is 4.74 Å². The molecular formula is C6H11FO2Si. The Morgan fingerprint density at radius 1 is 2.00 bits per heavy atom. The second-order valence-electron chi connectivity index (χ2n) is 2.79. The molecule has 0 saturated heterocycles. The Morgan fingerprint density at radius 2 is 2.50 bits per heavy atom. The van der Waals surface area contributed by atoms with E-state index < -0.39 is 11.2 Å². The van der Waals surface area contributed by atoms with Crippen molar-refractivity contribution in [3.8, 4) is 0 Å². The van der Waals surface area contributed by atoms with Crippen molar-refractivity contribution in [1.29, 1.82) is 0 Å². The van der Waals surface area contributed by atoms with E-state index in [2.05, 4.69) is 4.74 Å². The zero-order valence-electron chi connectivity index (χ0n) is 6.19. The number of carbonyl (C=O) groups excluding carboxylic acids is 1. The minimum absolute atomic E-state index is 0.354. The Kier molecular flexibility index (Phi) is 1.81. The zero-order valence-corrected chi connectivity index (χ0v) is 8.19. The second-order valence-corrected chi connectivity index (χ2v) is 4.45. The largest absolute Gasteiger partial charge is 0.466 e. The molecule has 0 spiro atoms. The Morgan fingerprint density at radius 3 is 2.80 bits per heavy atom. The summed E-state index contributed by atoms with van der Waals surface area (Å²) in [7, 11) is 0.440. The Bertz CT molecular complexity index is 158. The Labute approximate surface area is 62.2 Å². The van der Waals surface area contributed by atoms with Crippen LogP contribution in [0, 0.1) is 5.92 Å². The van der Waals surface area contributed by atoms with Gasteiger partial charge in [0.25, 0.3) is 0 Å². The monoisotopic (exact) mass is 162 g/mol. The van der Waals surface area contributed by atoms with E-state index in [0.717, 1.165) is 0 Å². The lowest BCUT2D eigenvalue weighted by Crippen LogP contribution is -2.14. The number of hydrogen-bond acceptors (Lipinski definition) is 2. The highest BCUT2D eigenvalue weighted by molar-refractivity contribution is 6.19. The molecule has 0 aromatic rings. The average Bonchev–Trinajstić information content (AvgIpc) is 2.41. The van der Waals surface area contributed by atoms with Gasteiger partial charge in [0.2, 0.25) is 0 Å². The summed E-state index contributed by atoms with van der Waals surface area (Å²) in [5.74, 6) is -0.792. The Hall–Kier alpha value is -0.383. The van der Waals surface area contributed by atoms with Crippen LogP contribution in [0.5, 0.6) is 0 Å². The maximum Gasteiger partial charge on any atom is 0.311 e. The number of ether oxygens (including phenoxy) is 1. The summed E-state index contributed by atoms with van der Waals surface area (Å²) in [5, 5.41) is -1.15. The van der Waals surface area contributed by atoms with Crippen LogP contribution in [0.25, 0.3) is 0 Å². The molecule has 0 aliphatic heterocycles. The molecular weight excluding hydrogens is 151 g/mol. The summed E-state index contributed by atoms with van der Waals surface area (Å²) in [5.41, 5.74) is 0. The number of alkyl halides is 1. The van der Waals surface area contributed by atoms with Gasteiger partial charge in [-0.05, 0) is 13.3 Å². The van der Waals surface area contributed by atoms with Crippen LogP contribution in [-0.4, -0.2) is 28.1 Å². The van der Waals surface area contributed by atoms with Crippen LogP contribution in [0.1, 0.15) is 13.3 Å². The number of hydrogen-bond donors (Lipinski definition) is 0. The SMILES string of the molecule is CCOC(=O)C1CC1(F)[SiH3]. The predicted octanol–water partition coefficient (Wildman–Crippen LogP) is -0.399. The molecule has 1 saturated carbocycles. The number of esters is 1. The molecule has 0 bridgehead atoms. The maximum atomic E-state index is 12.8. The fourth-order valence-electron chi connectivity index (χ4n) is 0.912. The van der Waals surface area contributed by atoms with E-state index in [1.807, 2.05) is 0 Å². The molecule has 2 nitrogen and oxygen atoms in total. The van der Waals surface area contributed by atoms with Crippen molar-refractivity contribution in [2.45, 2.75) is 18.6 Å². The molecule has 1 aliphatic rings. The van der Waals surface area contributed by atoms with E-state index in [1.165, 1.54) is 0 Å². The molecule has 1 fully saturated rings. The lowest BCUT2D eigenvalue weighted by atomic mass is 10.4. The summed E-state index contributed by atoms with van der Waals surface area (Å²) in [6.07, 6.45) is 0.387. The van der Waals surface area contributed by atoms with Crippen LogP contribution in [-0.2, 0) is 9.53 Å². The standard InChI is InChI=1S/C6H11FO2Si/c1-2-9-5(8)4-3-6(4,7)10/h4H,2-3H2,1,10H3. The van der Waals surface area contributed by atoms with Gasteiger partial charge in [-0.15, -0.1) is 0 Å². The molecule has 0 amide bonds. The molecule has 2 unspecified atom stereocenters. The van der Waals surface area contributed by atoms with Crippen molar-refractivity contribution in [2.75, 3.05) is 6.61 Å². The van der Waals surface area contributed by atoms with Crippen molar-refractivity contribution in [2.24, 2.45) is 5.92 Å².